The first kappa shape index (κ1) is 20.6. The fourth-order valence-electron chi connectivity index (χ4n) is 2.93. The van der Waals surface area contributed by atoms with Crippen molar-refractivity contribution in [2.45, 2.75) is 62.3 Å². The van der Waals surface area contributed by atoms with E-state index in [4.69, 9.17) is 0 Å². The minimum absolute atomic E-state index is 0.219. The second-order valence-electron chi connectivity index (χ2n) is 6.46. The standard InChI is InChI=1S/C18H27IN2O3S/c19-13-5-3-1-2-4-7-15-9-11-16(12-10-15)25(23,24)21-17-8-6-14-20-18(17)22/h9-12,17,21H,1-8,13-14H2,(H,20,22)/t17-/m1/s1. The van der Waals surface area contributed by atoms with Gasteiger partial charge in [0.1, 0.15) is 6.04 Å². The van der Waals surface area contributed by atoms with Gasteiger partial charge >= 0.3 is 0 Å². The van der Waals surface area contributed by atoms with Crippen LogP contribution in [0, 0.1) is 0 Å². The average Bonchev–Trinajstić information content (AvgIpc) is 2.60. The molecule has 1 atom stereocenters. The number of sulfonamides is 1. The molecule has 1 aliphatic rings. The third-order valence-electron chi connectivity index (χ3n) is 4.42. The van der Waals surface area contributed by atoms with E-state index >= 15 is 0 Å². The molecule has 7 heteroatoms. The Balaban J connectivity index is 1.84. The van der Waals surface area contributed by atoms with Crippen molar-refractivity contribution in [2.75, 3.05) is 11.0 Å². The molecule has 0 aliphatic carbocycles. The van der Waals surface area contributed by atoms with Gasteiger partial charge in [-0.2, -0.15) is 4.72 Å². The lowest BCUT2D eigenvalue weighted by molar-refractivity contribution is -0.124. The molecule has 140 valence electrons. The molecule has 25 heavy (non-hydrogen) atoms. The quantitative estimate of drug-likeness (QED) is 0.308. The molecule has 1 aliphatic heterocycles. The molecule has 2 N–H and O–H groups in total. The van der Waals surface area contributed by atoms with Crippen LogP contribution in [-0.4, -0.2) is 31.3 Å². The molecule has 5 nitrogen and oxygen atoms in total. The van der Waals surface area contributed by atoms with E-state index in [1.165, 1.54) is 30.1 Å². The summed E-state index contributed by atoms with van der Waals surface area (Å²) in [4.78, 5) is 12.0. The van der Waals surface area contributed by atoms with E-state index in [2.05, 4.69) is 32.6 Å². The first-order valence-electron chi connectivity index (χ1n) is 8.98. The van der Waals surface area contributed by atoms with Crippen LogP contribution in [0.2, 0.25) is 0 Å². The molecule has 1 saturated heterocycles. The number of unbranched alkanes of at least 4 members (excludes halogenated alkanes) is 4. The Morgan fingerprint density at radius 2 is 1.76 bits per heavy atom. The lowest BCUT2D eigenvalue weighted by Crippen LogP contribution is -2.50. The maximum atomic E-state index is 12.4. The van der Waals surface area contributed by atoms with E-state index in [-0.39, 0.29) is 10.8 Å². The number of carbonyl (C=O) groups excluding carboxylic acids is 1. The van der Waals surface area contributed by atoms with E-state index in [1.807, 2.05) is 12.1 Å². The van der Waals surface area contributed by atoms with Crippen molar-refractivity contribution >= 4 is 38.5 Å². The summed E-state index contributed by atoms with van der Waals surface area (Å²) in [5, 5.41) is 2.69. The predicted octanol–water partition coefficient (Wildman–Crippen LogP) is 3.17. The number of benzene rings is 1. The molecule has 0 aromatic heterocycles. The van der Waals surface area contributed by atoms with Crippen molar-refractivity contribution in [1.29, 1.82) is 0 Å². The number of amides is 1. The average molecular weight is 478 g/mol. The fourth-order valence-corrected chi connectivity index (χ4v) is 4.70. The highest BCUT2D eigenvalue weighted by atomic mass is 127. The van der Waals surface area contributed by atoms with Gasteiger partial charge in [-0.1, -0.05) is 54.0 Å². The Hall–Kier alpha value is -0.670. The molecule has 0 spiro atoms. The van der Waals surface area contributed by atoms with Gasteiger partial charge in [-0.25, -0.2) is 8.42 Å². The molecule has 0 bridgehead atoms. The van der Waals surface area contributed by atoms with Gasteiger partial charge in [0.2, 0.25) is 15.9 Å². The highest BCUT2D eigenvalue weighted by Crippen LogP contribution is 2.15. The number of hydrogen-bond donors (Lipinski definition) is 2. The summed E-state index contributed by atoms with van der Waals surface area (Å²) in [5.41, 5.74) is 1.16. The highest BCUT2D eigenvalue weighted by molar-refractivity contribution is 14.1. The number of piperidine rings is 1. The Bertz CT molecular complexity index is 647. The molecule has 1 amide bonds. The van der Waals surface area contributed by atoms with Crippen molar-refractivity contribution in [3.8, 4) is 0 Å². The number of carbonyl (C=O) groups is 1. The van der Waals surface area contributed by atoms with Crippen molar-refractivity contribution in [2.24, 2.45) is 0 Å². The maximum absolute atomic E-state index is 12.4. The Morgan fingerprint density at radius 3 is 2.44 bits per heavy atom. The van der Waals surface area contributed by atoms with E-state index in [0.29, 0.717) is 13.0 Å². The van der Waals surface area contributed by atoms with Gasteiger partial charge in [0.05, 0.1) is 4.90 Å². The summed E-state index contributed by atoms with van der Waals surface area (Å²) in [6.07, 6.45) is 8.50. The molecule has 0 unspecified atom stereocenters. The van der Waals surface area contributed by atoms with Crippen LogP contribution in [0.3, 0.4) is 0 Å². The smallest absolute Gasteiger partial charge is 0.241 e. The molecule has 1 fully saturated rings. The van der Waals surface area contributed by atoms with Crippen LogP contribution in [0.15, 0.2) is 29.2 Å². The Morgan fingerprint density at radius 1 is 1.08 bits per heavy atom. The van der Waals surface area contributed by atoms with Gasteiger partial charge < -0.3 is 5.32 Å². The zero-order chi connectivity index (χ0) is 18.1. The lowest BCUT2D eigenvalue weighted by Gasteiger charge is -2.22. The normalized spacial score (nSPS) is 18.1. The zero-order valence-electron chi connectivity index (χ0n) is 14.5. The molecule has 1 aromatic carbocycles. The Labute approximate surface area is 164 Å². The SMILES string of the molecule is O=C1NCCC[C@H]1NS(=O)(=O)c1ccc(CCCCCCCI)cc1. The van der Waals surface area contributed by atoms with Crippen LogP contribution in [-0.2, 0) is 21.2 Å². The van der Waals surface area contributed by atoms with E-state index in [0.717, 1.165) is 24.8 Å². The third-order valence-corrected chi connectivity index (χ3v) is 6.67. The van der Waals surface area contributed by atoms with Gasteiger partial charge in [0.15, 0.2) is 0 Å². The number of halogens is 1. The zero-order valence-corrected chi connectivity index (χ0v) is 17.4. The van der Waals surface area contributed by atoms with Crippen LogP contribution >= 0.6 is 22.6 Å². The lowest BCUT2D eigenvalue weighted by atomic mass is 10.1. The second-order valence-corrected chi connectivity index (χ2v) is 9.25. The summed E-state index contributed by atoms with van der Waals surface area (Å²) < 4.78 is 28.6. The molecule has 1 heterocycles. The monoisotopic (exact) mass is 478 g/mol. The topological polar surface area (TPSA) is 75.3 Å². The molecule has 0 radical (unpaired) electrons. The molecular weight excluding hydrogens is 451 g/mol. The molecular formula is C18H27IN2O3S. The van der Waals surface area contributed by atoms with E-state index in [1.54, 1.807) is 12.1 Å². The summed E-state index contributed by atoms with van der Waals surface area (Å²) in [5.74, 6) is -0.242. The van der Waals surface area contributed by atoms with Gasteiger partial charge in [-0.05, 0) is 54.2 Å². The molecule has 0 saturated carbocycles. The van der Waals surface area contributed by atoms with Crippen molar-refractivity contribution in [1.82, 2.24) is 10.0 Å². The minimum atomic E-state index is -3.66. The summed E-state index contributed by atoms with van der Waals surface area (Å²) in [6.45, 7) is 0.615. The fraction of sp³-hybridized carbons (Fsp3) is 0.611. The summed E-state index contributed by atoms with van der Waals surface area (Å²) in [6, 6.07) is 6.35. The number of hydrogen-bond acceptors (Lipinski definition) is 3. The number of nitrogens with one attached hydrogen (secondary N) is 2. The number of alkyl halides is 1. The first-order chi connectivity index (χ1) is 12.0. The number of rotatable bonds is 10. The van der Waals surface area contributed by atoms with Crippen LogP contribution < -0.4 is 10.0 Å². The maximum Gasteiger partial charge on any atom is 0.241 e. The minimum Gasteiger partial charge on any atom is -0.355 e. The van der Waals surface area contributed by atoms with Crippen LogP contribution in [0.4, 0.5) is 0 Å². The number of aryl methyl sites for hydroxylation is 1. The second kappa shape index (κ2) is 10.5. The van der Waals surface area contributed by atoms with Crippen LogP contribution in [0.25, 0.3) is 0 Å². The van der Waals surface area contributed by atoms with E-state index in [9.17, 15) is 13.2 Å². The van der Waals surface area contributed by atoms with Gasteiger partial charge in [-0.3, -0.25) is 4.79 Å². The largest absolute Gasteiger partial charge is 0.355 e. The summed E-state index contributed by atoms with van der Waals surface area (Å²) >= 11 is 2.41. The van der Waals surface area contributed by atoms with E-state index < -0.39 is 16.1 Å². The van der Waals surface area contributed by atoms with Gasteiger partial charge in [0.25, 0.3) is 0 Å². The van der Waals surface area contributed by atoms with Crippen molar-refractivity contribution < 1.29 is 13.2 Å². The Kier molecular flexibility index (Phi) is 8.65. The van der Waals surface area contributed by atoms with Gasteiger partial charge in [0, 0.05) is 6.54 Å². The molecule has 2 rings (SSSR count). The van der Waals surface area contributed by atoms with Crippen LogP contribution in [0.1, 0.15) is 50.5 Å². The predicted molar refractivity (Wildman–Crippen MR) is 108 cm³/mol. The molecule has 1 aromatic rings. The summed E-state index contributed by atoms with van der Waals surface area (Å²) in [7, 11) is -3.66. The van der Waals surface area contributed by atoms with Gasteiger partial charge in [-0.15, -0.1) is 0 Å². The van der Waals surface area contributed by atoms with Crippen molar-refractivity contribution in [3.63, 3.8) is 0 Å². The first-order valence-corrected chi connectivity index (χ1v) is 12.0. The van der Waals surface area contributed by atoms with Crippen LogP contribution in [0.5, 0.6) is 0 Å². The highest BCUT2D eigenvalue weighted by Gasteiger charge is 2.27. The third kappa shape index (κ3) is 6.86. The van der Waals surface area contributed by atoms with Crippen molar-refractivity contribution in [3.05, 3.63) is 29.8 Å².